The molecule has 0 aliphatic carbocycles. The van der Waals surface area contributed by atoms with E-state index >= 15 is 0 Å². The van der Waals surface area contributed by atoms with Gasteiger partial charge in [0.2, 0.25) is 0 Å². The minimum absolute atomic E-state index is 0.129. The second kappa shape index (κ2) is 9.16. The van der Waals surface area contributed by atoms with E-state index in [9.17, 15) is 0 Å². The average molecular weight is 266 g/mol. The molecule has 0 amide bonds. The highest BCUT2D eigenvalue weighted by Gasteiger charge is 2.02. The molecule has 1 aromatic heterocycles. The van der Waals surface area contributed by atoms with Crippen molar-refractivity contribution in [1.82, 2.24) is 0 Å². The Morgan fingerprint density at radius 2 is 2.28 bits per heavy atom. The minimum Gasteiger partial charge on any atom is -0.395 e. The van der Waals surface area contributed by atoms with Crippen molar-refractivity contribution >= 4 is 11.3 Å². The van der Waals surface area contributed by atoms with Gasteiger partial charge in [-0.3, -0.25) is 0 Å². The summed E-state index contributed by atoms with van der Waals surface area (Å²) in [5.74, 6) is 6.60. The van der Waals surface area contributed by atoms with Crippen molar-refractivity contribution in [1.29, 1.82) is 0 Å². The fourth-order valence-corrected chi connectivity index (χ4v) is 2.49. The first kappa shape index (κ1) is 15.2. The van der Waals surface area contributed by atoms with Crippen LogP contribution < -0.4 is 0 Å². The molecule has 1 atom stereocenters. The third-order valence-corrected chi connectivity index (χ3v) is 3.51. The molecule has 0 fully saturated rings. The molecule has 0 aliphatic rings. The Kier molecular flexibility index (Phi) is 7.75. The van der Waals surface area contributed by atoms with E-state index in [2.05, 4.69) is 31.8 Å². The van der Waals surface area contributed by atoms with Crippen LogP contribution in [0.2, 0.25) is 0 Å². The molecule has 1 N–H and O–H groups in total. The maximum absolute atomic E-state index is 8.64. The predicted octanol–water partition coefficient (Wildman–Crippen LogP) is 3.43. The van der Waals surface area contributed by atoms with Gasteiger partial charge in [-0.1, -0.05) is 32.1 Å². The SMILES string of the molecule is CCCC(C)COCc1ccc(C#CCCO)s1. The number of hydrogen-bond donors (Lipinski definition) is 1. The summed E-state index contributed by atoms with van der Waals surface area (Å²) in [4.78, 5) is 2.26. The smallest absolute Gasteiger partial charge is 0.0809 e. The molecule has 1 heterocycles. The zero-order valence-corrected chi connectivity index (χ0v) is 12.1. The van der Waals surface area contributed by atoms with Crippen molar-refractivity contribution in [3.63, 3.8) is 0 Å². The zero-order valence-electron chi connectivity index (χ0n) is 11.2. The summed E-state index contributed by atoms with van der Waals surface area (Å²) in [7, 11) is 0. The highest BCUT2D eigenvalue weighted by atomic mass is 32.1. The third kappa shape index (κ3) is 6.20. The van der Waals surface area contributed by atoms with E-state index in [1.54, 1.807) is 11.3 Å². The highest BCUT2D eigenvalue weighted by Crippen LogP contribution is 2.17. The molecule has 1 aromatic rings. The van der Waals surface area contributed by atoms with Gasteiger partial charge in [-0.15, -0.1) is 11.3 Å². The topological polar surface area (TPSA) is 29.5 Å². The van der Waals surface area contributed by atoms with E-state index in [0.717, 1.165) is 11.5 Å². The van der Waals surface area contributed by atoms with Gasteiger partial charge in [-0.25, -0.2) is 0 Å². The lowest BCUT2D eigenvalue weighted by Gasteiger charge is -2.09. The van der Waals surface area contributed by atoms with Gasteiger partial charge < -0.3 is 9.84 Å². The van der Waals surface area contributed by atoms with Crippen LogP contribution in [-0.2, 0) is 11.3 Å². The maximum Gasteiger partial charge on any atom is 0.0809 e. The van der Waals surface area contributed by atoms with E-state index < -0.39 is 0 Å². The highest BCUT2D eigenvalue weighted by molar-refractivity contribution is 7.12. The number of aliphatic hydroxyl groups excluding tert-OH is 1. The third-order valence-electron chi connectivity index (χ3n) is 2.54. The molecule has 0 aromatic carbocycles. The van der Waals surface area contributed by atoms with Gasteiger partial charge in [0.1, 0.15) is 0 Å². The maximum atomic E-state index is 8.64. The van der Waals surface area contributed by atoms with Crippen molar-refractivity contribution in [3.05, 3.63) is 21.9 Å². The fourth-order valence-electron chi connectivity index (χ4n) is 1.67. The molecule has 1 unspecified atom stereocenters. The fraction of sp³-hybridized carbons (Fsp3) is 0.600. The second-order valence-electron chi connectivity index (χ2n) is 4.45. The molecule has 100 valence electrons. The van der Waals surface area contributed by atoms with Crippen LogP contribution in [0.4, 0.5) is 0 Å². The van der Waals surface area contributed by atoms with Gasteiger partial charge in [0.15, 0.2) is 0 Å². The first-order valence-electron chi connectivity index (χ1n) is 6.52. The summed E-state index contributed by atoms with van der Waals surface area (Å²) >= 11 is 1.67. The van der Waals surface area contributed by atoms with E-state index in [4.69, 9.17) is 9.84 Å². The first-order valence-corrected chi connectivity index (χ1v) is 7.34. The van der Waals surface area contributed by atoms with Crippen LogP contribution in [0.5, 0.6) is 0 Å². The van der Waals surface area contributed by atoms with E-state index in [1.807, 2.05) is 6.07 Å². The zero-order chi connectivity index (χ0) is 13.2. The number of ether oxygens (including phenoxy) is 1. The molecular formula is C15H22O2S. The molecule has 3 heteroatoms. The van der Waals surface area contributed by atoms with Gasteiger partial charge >= 0.3 is 0 Å². The molecule has 0 saturated carbocycles. The summed E-state index contributed by atoms with van der Waals surface area (Å²) in [6, 6.07) is 4.08. The van der Waals surface area contributed by atoms with Crippen molar-refractivity contribution < 1.29 is 9.84 Å². The van der Waals surface area contributed by atoms with Gasteiger partial charge in [0.05, 0.1) is 18.1 Å². The second-order valence-corrected chi connectivity index (χ2v) is 5.62. The lowest BCUT2D eigenvalue weighted by molar-refractivity contribution is 0.0911. The molecule has 18 heavy (non-hydrogen) atoms. The number of hydrogen-bond acceptors (Lipinski definition) is 3. The van der Waals surface area contributed by atoms with Crippen molar-refractivity contribution in [2.75, 3.05) is 13.2 Å². The number of rotatable bonds is 7. The molecule has 1 rings (SSSR count). The van der Waals surface area contributed by atoms with Crippen LogP contribution in [0.25, 0.3) is 0 Å². The molecule has 0 saturated heterocycles. The lowest BCUT2D eigenvalue weighted by atomic mass is 10.1. The van der Waals surface area contributed by atoms with Crippen molar-refractivity contribution in [3.8, 4) is 11.8 Å². The van der Waals surface area contributed by atoms with E-state index in [-0.39, 0.29) is 6.61 Å². The number of aliphatic hydroxyl groups is 1. The molecule has 0 aliphatic heterocycles. The van der Waals surface area contributed by atoms with Crippen molar-refractivity contribution in [2.24, 2.45) is 5.92 Å². The molecule has 0 radical (unpaired) electrons. The average Bonchev–Trinajstić information content (AvgIpc) is 2.78. The van der Waals surface area contributed by atoms with Crippen molar-refractivity contribution in [2.45, 2.75) is 39.7 Å². The first-order chi connectivity index (χ1) is 8.76. The Morgan fingerprint density at radius 3 is 3.00 bits per heavy atom. The molecule has 0 spiro atoms. The van der Waals surface area contributed by atoms with Crippen LogP contribution in [-0.4, -0.2) is 18.3 Å². The van der Waals surface area contributed by atoms with Gasteiger partial charge in [0, 0.05) is 17.9 Å². The van der Waals surface area contributed by atoms with Crippen LogP contribution >= 0.6 is 11.3 Å². The van der Waals surface area contributed by atoms with Crippen LogP contribution in [0, 0.1) is 17.8 Å². The molecule has 0 bridgehead atoms. The largest absolute Gasteiger partial charge is 0.395 e. The van der Waals surface area contributed by atoms with Gasteiger partial charge in [-0.05, 0) is 24.5 Å². The minimum atomic E-state index is 0.129. The number of thiophene rings is 1. The lowest BCUT2D eigenvalue weighted by Crippen LogP contribution is -2.04. The predicted molar refractivity (Wildman–Crippen MR) is 76.6 cm³/mol. The normalized spacial score (nSPS) is 11.9. The van der Waals surface area contributed by atoms with E-state index in [0.29, 0.717) is 18.9 Å². The standard InChI is InChI=1S/C15H22O2S/c1-3-6-13(2)11-17-12-15-9-8-14(18-15)7-4-5-10-16/h8-9,13,16H,3,5-6,10-12H2,1-2H3. The van der Waals surface area contributed by atoms with Crippen LogP contribution in [0.15, 0.2) is 12.1 Å². The van der Waals surface area contributed by atoms with Crippen LogP contribution in [0.1, 0.15) is 42.9 Å². The summed E-state index contributed by atoms with van der Waals surface area (Å²) < 4.78 is 5.70. The molecular weight excluding hydrogens is 244 g/mol. The monoisotopic (exact) mass is 266 g/mol. The van der Waals surface area contributed by atoms with Gasteiger partial charge in [0.25, 0.3) is 0 Å². The van der Waals surface area contributed by atoms with E-state index in [1.165, 1.54) is 17.7 Å². The quantitative estimate of drug-likeness (QED) is 0.766. The Bertz CT molecular complexity index is 387. The summed E-state index contributed by atoms with van der Waals surface area (Å²) in [5.41, 5.74) is 0. The Hall–Kier alpha value is -0.820. The summed E-state index contributed by atoms with van der Waals surface area (Å²) in [5, 5.41) is 8.64. The Morgan fingerprint density at radius 1 is 1.44 bits per heavy atom. The Balaban J connectivity index is 2.29. The Labute approximate surface area is 114 Å². The summed E-state index contributed by atoms with van der Waals surface area (Å²) in [6.45, 7) is 6.07. The summed E-state index contributed by atoms with van der Waals surface area (Å²) in [6.07, 6.45) is 2.98. The molecule has 2 nitrogen and oxygen atoms in total. The van der Waals surface area contributed by atoms with Gasteiger partial charge in [-0.2, -0.15) is 0 Å². The van der Waals surface area contributed by atoms with Crippen LogP contribution in [0.3, 0.4) is 0 Å².